The van der Waals surface area contributed by atoms with Gasteiger partial charge in [0, 0.05) is 30.5 Å². The number of ketones is 2. The summed E-state index contributed by atoms with van der Waals surface area (Å²) in [5, 5.41) is 35.9. The van der Waals surface area contributed by atoms with E-state index in [0.717, 1.165) is 11.1 Å². The van der Waals surface area contributed by atoms with Crippen molar-refractivity contribution in [2.24, 2.45) is 0 Å². The third-order valence-corrected chi connectivity index (χ3v) is 9.08. The minimum absolute atomic E-state index is 0.0328. The first-order chi connectivity index (χ1) is 23.5. The Balaban J connectivity index is 1.14. The van der Waals surface area contributed by atoms with E-state index in [9.17, 15) is 34.4 Å². The average molecular weight is 667 g/mol. The number of benzene rings is 2. The Hall–Kier alpha value is -5.37. The van der Waals surface area contributed by atoms with E-state index in [1.807, 2.05) is 24.3 Å². The van der Waals surface area contributed by atoms with E-state index in [1.54, 1.807) is 19.1 Å². The number of Topliss-reactive ketones (excluding diaryl/α,β-unsaturated/α-hetero) is 1. The number of nitrogens with zero attached hydrogens (tertiary/aromatic N) is 3. The lowest BCUT2D eigenvalue weighted by atomic mass is 9.77. The molecule has 1 aliphatic carbocycles. The summed E-state index contributed by atoms with van der Waals surface area (Å²) in [7, 11) is 0. The molecule has 0 radical (unpaired) electrons. The van der Waals surface area contributed by atoms with Gasteiger partial charge in [0.15, 0.2) is 11.6 Å². The number of aliphatic hydroxyl groups is 2. The number of aliphatic hydroxyl groups excluding tert-OH is 1. The second-order valence-electron chi connectivity index (χ2n) is 12.1. The monoisotopic (exact) mass is 666 g/mol. The van der Waals surface area contributed by atoms with E-state index >= 15 is 0 Å². The molecule has 2 aromatic carbocycles. The van der Waals surface area contributed by atoms with E-state index < -0.39 is 28.7 Å². The van der Waals surface area contributed by atoms with Crippen LogP contribution in [0.4, 0.5) is 5.69 Å². The summed E-state index contributed by atoms with van der Waals surface area (Å²) in [6.45, 7) is 2.14. The average Bonchev–Trinajstić information content (AvgIpc) is 3.46. The zero-order chi connectivity index (χ0) is 34.9. The van der Waals surface area contributed by atoms with E-state index in [2.05, 4.69) is 10.3 Å². The van der Waals surface area contributed by atoms with Crippen molar-refractivity contribution in [1.29, 1.82) is 0 Å². The normalized spacial score (nSPS) is 16.4. The first kappa shape index (κ1) is 33.5. The predicted octanol–water partition coefficient (Wildman–Crippen LogP) is 3.50. The van der Waals surface area contributed by atoms with Crippen molar-refractivity contribution in [2.75, 3.05) is 13.2 Å². The number of pyridine rings is 2. The molecule has 3 N–H and O–H groups in total. The van der Waals surface area contributed by atoms with Crippen molar-refractivity contribution in [3.8, 4) is 17.1 Å². The molecule has 2 aliphatic rings. The molecular weight excluding hydrogens is 632 g/mol. The zero-order valence-electron chi connectivity index (χ0n) is 26.7. The van der Waals surface area contributed by atoms with Crippen LogP contribution in [-0.2, 0) is 39.5 Å². The van der Waals surface area contributed by atoms with Gasteiger partial charge in [-0.15, -0.1) is 0 Å². The number of ether oxygens (including phenoxy) is 1. The number of esters is 1. The van der Waals surface area contributed by atoms with Crippen molar-refractivity contribution >= 4 is 40.2 Å². The molecule has 1 atom stereocenters. The van der Waals surface area contributed by atoms with Crippen LogP contribution in [0.1, 0.15) is 60.4 Å². The Morgan fingerprint density at radius 2 is 1.90 bits per heavy atom. The van der Waals surface area contributed by atoms with Gasteiger partial charge < -0.3 is 24.8 Å². The van der Waals surface area contributed by atoms with Gasteiger partial charge in [-0.25, -0.2) is 4.98 Å². The van der Waals surface area contributed by atoms with Crippen molar-refractivity contribution in [3.05, 3.63) is 103 Å². The first-order valence-corrected chi connectivity index (χ1v) is 16.0. The lowest BCUT2D eigenvalue weighted by molar-refractivity contribution is -0.383. The summed E-state index contributed by atoms with van der Waals surface area (Å²) in [5.41, 5.74) is 0.943. The summed E-state index contributed by atoms with van der Waals surface area (Å²) in [6.07, 6.45) is 3.84. The number of hydrogen-bond donors (Lipinski definition) is 3. The van der Waals surface area contributed by atoms with Crippen LogP contribution in [0, 0.1) is 10.1 Å². The smallest absolute Gasteiger partial charge is 0.311 e. The van der Waals surface area contributed by atoms with E-state index in [-0.39, 0.29) is 83.0 Å². The molecule has 252 valence electrons. The molecule has 0 bridgehead atoms. The number of fused-ring (bicyclic) bond motifs is 5. The van der Waals surface area contributed by atoms with Gasteiger partial charge in [0.25, 0.3) is 11.2 Å². The largest absolute Gasteiger partial charge is 0.426 e. The van der Waals surface area contributed by atoms with Gasteiger partial charge in [0.2, 0.25) is 0 Å². The highest BCUT2D eigenvalue weighted by Gasteiger charge is 2.43. The van der Waals surface area contributed by atoms with Crippen molar-refractivity contribution in [3.63, 3.8) is 0 Å². The van der Waals surface area contributed by atoms with Crippen LogP contribution in [0.3, 0.4) is 0 Å². The topological polar surface area (TPSA) is 191 Å². The molecule has 4 aromatic rings. The van der Waals surface area contributed by atoms with Gasteiger partial charge in [-0.05, 0) is 67.3 Å². The molecule has 13 heteroatoms. The summed E-state index contributed by atoms with van der Waals surface area (Å²) in [4.78, 5) is 66.6. The molecule has 0 unspecified atom stereocenters. The fourth-order valence-corrected chi connectivity index (χ4v) is 6.45. The van der Waals surface area contributed by atoms with Crippen LogP contribution in [0.15, 0.2) is 59.4 Å². The molecule has 0 amide bonds. The number of rotatable bonds is 12. The summed E-state index contributed by atoms with van der Waals surface area (Å²) >= 11 is 0. The lowest BCUT2D eigenvalue weighted by Crippen LogP contribution is -2.43. The number of carbonyl (C=O) groups excluding carboxylic acids is 3. The van der Waals surface area contributed by atoms with Crippen molar-refractivity contribution in [2.45, 2.75) is 57.7 Å². The van der Waals surface area contributed by atoms with Crippen LogP contribution in [0.2, 0.25) is 0 Å². The van der Waals surface area contributed by atoms with Crippen LogP contribution in [0.25, 0.3) is 28.4 Å². The Bertz CT molecular complexity index is 2100. The van der Waals surface area contributed by atoms with E-state index in [1.165, 1.54) is 28.8 Å². The third-order valence-electron chi connectivity index (χ3n) is 9.08. The lowest BCUT2D eigenvalue weighted by Gasteiger charge is -2.32. The molecule has 0 saturated carbocycles. The first-order valence-electron chi connectivity index (χ1n) is 16.0. The highest BCUT2D eigenvalue weighted by Crippen LogP contribution is 2.43. The number of nitrogens with one attached hydrogen (secondary N) is 1. The summed E-state index contributed by atoms with van der Waals surface area (Å²) in [5.74, 6) is -1.12. The molecule has 1 aliphatic heterocycles. The fourth-order valence-electron chi connectivity index (χ4n) is 6.45. The van der Waals surface area contributed by atoms with Gasteiger partial charge in [-0.2, -0.15) is 0 Å². The zero-order valence-corrected chi connectivity index (χ0v) is 26.7. The van der Waals surface area contributed by atoms with Gasteiger partial charge in [-0.3, -0.25) is 29.3 Å². The number of carbonyl (C=O) groups is 3. The van der Waals surface area contributed by atoms with Gasteiger partial charge in [0.05, 0.1) is 39.3 Å². The van der Waals surface area contributed by atoms with Crippen molar-refractivity contribution in [1.82, 2.24) is 14.9 Å². The number of aromatic nitrogens is 2. The maximum Gasteiger partial charge on any atom is 0.311 e. The van der Waals surface area contributed by atoms with Gasteiger partial charge in [0.1, 0.15) is 18.0 Å². The second-order valence-corrected chi connectivity index (χ2v) is 12.1. The summed E-state index contributed by atoms with van der Waals surface area (Å²) < 4.78 is 6.92. The standard InChI is InChI=1S/C36H34N4O9/c1-2-36(46)28-17-30-33-27(19-39(30)35(45)25(28)12-14-31(36)43)34(40(47)48)26-16-24(11-13-29(26)38-33)49-32(44)4-3-15-37-18-22-7-5-21(6-8-22)9-10-23(42)20-41/h5-11,13,16-17,37,41,46H,2-4,12,14-15,18-20H2,1H3/b10-9+/t36-/m0/s1. The van der Waals surface area contributed by atoms with E-state index in [0.29, 0.717) is 30.8 Å². The molecule has 6 rings (SSSR count). The van der Waals surface area contributed by atoms with Crippen molar-refractivity contribution < 1.29 is 34.3 Å². The summed E-state index contributed by atoms with van der Waals surface area (Å²) in [6, 6.07) is 13.5. The predicted molar refractivity (Wildman–Crippen MR) is 179 cm³/mol. The molecule has 0 fully saturated rings. The van der Waals surface area contributed by atoms with Crippen LogP contribution < -0.4 is 15.6 Å². The molecule has 2 aromatic heterocycles. The molecule has 49 heavy (non-hydrogen) atoms. The second kappa shape index (κ2) is 13.6. The molecule has 0 spiro atoms. The number of nitro groups is 1. The van der Waals surface area contributed by atoms with E-state index in [4.69, 9.17) is 9.84 Å². The third kappa shape index (κ3) is 6.43. The maximum absolute atomic E-state index is 13.6. The molecular formula is C36H34N4O9. The Labute approximate surface area is 280 Å². The minimum atomic E-state index is -1.81. The highest BCUT2D eigenvalue weighted by molar-refractivity contribution is 5.96. The fraction of sp³-hybridized carbons (Fsp3) is 0.306. The Kier molecular flexibility index (Phi) is 9.32. The van der Waals surface area contributed by atoms with Gasteiger partial charge in [-0.1, -0.05) is 37.3 Å². The van der Waals surface area contributed by atoms with Gasteiger partial charge >= 0.3 is 5.97 Å². The van der Waals surface area contributed by atoms with Crippen LogP contribution >= 0.6 is 0 Å². The Morgan fingerprint density at radius 3 is 2.61 bits per heavy atom. The van der Waals surface area contributed by atoms with Crippen LogP contribution in [0.5, 0.6) is 5.75 Å². The molecule has 3 heterocycles. The highest BCUT2D eigenvalue weighted by atomic mass is 16.6. The molecule has 13 nitrogen and oxygen atoms in total. The minimum Gasteiger partial charge on any atom is -0.426 e. The SMILES string of the molecule is CC[C@@]1(O)C(=O)CCc2c1cc1n(c2=O)Cc2c-1nc1ccc(OC(=O)CCCNCc3ccc(/C=C/C(=O)CO)cc3)cc1c2[N+](=O)[O-]. The quantitative estimate of drug-likeness (QED) is 0.0441. The Morgan fingerprint density at radius 1 is 1.12 bits per heavy atom. The van der Waals surface area contributed by atoms with Crippen LogP contribution in [-0.4, -0.2) is 55.4 Å². The number of hydrogen-bond acceptors (Lipinski definition) is 11. The molecule has 0 saturated heterocycles. The maximum atomic E-state index is 13.6.